The number of benzene rings is 1. The average Bonchev–Trinajstić information content (AvgIpc) is 2.44. The van der Waals surface area contributed by atoms with Gasteiger partial charge in [-0.2, -0.15) is 0 Å². The molecule has 5 heteroatoms. The number of carbonyl (C=O) groups excluding carboxylic acids is 1. The molecule has 0 unspecified atom stereocenters. The van der Waals surface area contributed by atoms with Crippen LogP contribution < -0.4 is 5.32 Å². The van der Waals surface area contributed by atoms with Crippen molar-refractivity contribution in [1.82, 2.24) is 5.32 Å². The van der Waals surface area contributed by atoms with Crippen LogP contribution in [0.2, 0.25) is 5.02 Å². The lowest BCUT2D eigenvalue weighted by Crippen LogP contribution is -2.41. The van der Waals surface area contributed by atoms with Crippen LogP contribution >= 0.6 is 11.6 Å². The van der Waals surface area contributed by atoms with Crippen molar-refractivity contribution in [3.8, 4) is 0 Å². The van der Waals surface area contributed by atoms with Gasteiger partial charge in [-0.25, -0.2) is 4.39 Å². The van der Waals surface area contributed by atoms with Crippen molar-refractivity contribution < 1.29 is 14.3 Å². The Morgan fingerprint density at radius 3 is 2.65 bits per heavy atom. The van der Waals surface area contributed by atoms with Crippen molar-refractivity contribution in [3.05, 3.63) is 40.7 Å². The van der Waals surface area contributed by atoms with Gasteiger partial charge in [0.25, 0.3) is 0 Å². The van der Waals surface area contributed by atoms with E-state index >= 15 is 0 Å². The Labute approximate surface area is 123 Å². The Hall–Kier alpha value is -1.39. The molecule has 1 aromatic carbocycles. The van der Waals surface area contributed by atoms with E-state index in [0.29, 0.717) is 12.8 Å². The van der Waals surface area contributed by atoms with Gasteiger partial charge in [-0.3, -0.25) is 4.79 Å². The van der Waals surface area contributed by atoms with Gasteiger partial charge in [0.2, 0.25) is 5.91 Å². The molecule has 1 aromatic rings. The highest BCUT2D eigenvalue weighted by atomic mass is 35.5. The summed E-state index contributed by atoms with van der Waals surface area (Å²) in [6.07, 6.45) is 3.62. The van der Waals surface area contributed by atoms with E-state index in [2.05, 4.69) is 5.32 Å². The summed E-state index contributed by atoms with van der Waals surface area (Å²) in [6, 6.07) is 4.32. The summed E-state index contributed by atoms with van der Waals surface area (Å²) in [5.41, 5.74) is -0.732. The van der Waals surface area contributed by atoms with Crippen LogP contribution in [0, 0.1) is 5.82 Å². The van der Waals surface area contributed by atoms with Crippen LogP contribution in [0.5, 0.6) is 0 Å². The topological polar surface area (TPSA) is 49.3 Å². The van der Waals surface area contributed by atoms with Crippen LogP contribution in [-0.2, 0) is 4.79 Å². The van der Waals surface area contributed by atoms with Crippen LogP contribution in [0.25, 0.3) is 6.08 Å². The predicted octanol–water partition coefficient (Wildman–Crippen LogP) is 3.16. The second-order valence-corrected chi connectivity index (χ2v) is 5.03. The van der Waals surface area contributed by atoms with E-state index in [-0.39, 0.29) is 17.1 Å². The summed E-state index contributed by atoms with van der Waals surface area (Å²) >= 11 is 5.84. The molecule has 0 radical (unpaired) electrons. The predicted molar refractivity (Wildman–Crippen MR) is 79.0 cm³/mol. The number of amides is 1. The van der Waals surface area contributed by atoms with Crippen molar-refractivity contribution in [2.24, 2.45) is 0 Å². The Morgan fingerprint density at radius 2 is 2.10 bits per heavy atom. The molecule has 0 saturated carbocycles. The third-order valence-corrected chi connectivity index (χ3v) is 3.64. The molecule has 0 bridgehead atoms. The zero-order chi connectivity index (χ0) is 15.2. The highest BCUT2D eigenvalue weighted by molar-refractivity contribution is 6.32. The maximum atomic E-state index is 13.5. The molecule has 0 saturated heterocycles. The molecule has 0 atom stereocenters. The lowest BCUT2D eigenvalue weighted by Gasteiger charge is -2.24. The minimum atomic E-state index is -0.904. The van der Waals surface area contributed by atoms with Gasteiger partial charge in [-0.1, -0.05) is 31.5 Å². The summed E-state index contributed by atoms with van der Waals surface area (Å²) in [5.74, 6) is -0.884. The van der Waals surface area contributed by atoms with Gasteiger partial charge in [-0.15, -0.1) is 0 Å². The molecular formula is C15H19ClFNO2. The molecular weight excluding hydrogens is 281 g/mol. The third-order valence-electron chi connectivity index (χ3n) is 3.31. The zero-order valence-electron chi connectivity index (χ0n) is 11.6. The number of hydrogen-bond acceptors (Lipinski definition) is 2. The fourth-order valence-corrected chi connectivity index (χ4v) is 1.87. The first-order chi connectivity index (χ1) is 9.41. The summed E-state index contributed by atoms with van der Waals surface area (Å²) in [6.45, 7) is 3.86. The molecule has 0 fully saturated rings. The molecule has 2 N–H and O–H groups in total. The Bertz CT molecular complexity index is 478. The Kier molecular flexibility index (Phi) is 6.17. The molecule has 0 aliphatic rings. The van der Waals surface area contributed by atoms with E-state index in [4.69, 9.17) is 11.6 Å². The van der Waals surface area contributed by atoms with Gasteiger partial charge in [-0.05, 0) is 31.1 Å². The maximum Gasteiger partial charge on any atom is 0.244 e. The summed E-state index contributed by atoms with van der Waals surface area (Å²) in [4.78, 5) is 11.6. The van der Waals surface area contributed by atoms with Gasteiger partial charge in [0.05, 0.1) is 10.6 Å². The lowest BCUT2D eigenvalue weighted by atomic mass is 9.98. The number of nitrogens with one attached hydrogen (secondary N) is 1. The van der Waals surface area contributed by atoms with Crippen LogP contribution in [0.1, 0.15) is 32.3 Å². The number of halogens is 2. The smallest absolute Gasteiger partial charge is 0.244 e. The standard InChI is InChI=1S/C15H19ClFNO2/c1-3-15(20,4-2)10-18-14(19)9-8-11-12(16)6-5-7-13(11)17/h5-9,20H,3-4,10H2,1-2H3,(H,18,19). The number of rotatable bonds is 6. The molecule has 0 heterocycles. The summed E-state index contributed by atoms with van der Waals surface area (Å²) < 4.78 is 13.5. The first kappa shape index (κ1) is 16.7. The molecule has 1 amide bonds. The number of hydrogen-bond donors (Lipinski definition) is 2. The van der Waals surface area contributed by atoms with Gasteiger partial charge < -0.3 is 10.4 Å². The molecule has 110 valence electrons. The van der Waals surface area contributed by atoms with Crippen molar-refractivity contribution >= 4 is 23.6 Å². The first-order valence-electron chi connectivity index (χ1n) is 6.54. The van der Waals surface area contributed by atoms with E-state index in [1.165, 1.54) is 24.3 Å². The van der Waals surface area contributed by atoms with Gasteiger partial charge >= 0.3 is 0 Å². The molecule has 0 aliphatic carbocycles. The number of aliphatic hydroxyl groups is 1. The van der Waals surface area contributed by atoms with Crippen LogP contribution in [0.4, 0.5) is 4.39 Å². The van der Waals surface area contributed by atoms with E-state index < -0.39 is 17.3 Å². The van der Waals surface area contributed by atoms with E-state index in [9.17, 15) is 14.3 Å². The molecule has 0 aliphatic heterocycles. The maximum absolute atomic E-state index is 13.5. The second kappa shape index (κ2) is 7.41. The summed E-state index contributed by atoms with van der Waals surface area (Å²) in [5, 5.41) is 12.9. The summed E-state index contributed by atoms with van der Waals surface area (Å²) in [7, 11) is 0. The molecule has 20 heavy (non-hydrogen) atoms. The van der Waals surface area contributed by atoms with Crippen molar-refractivity contribution in [3.63, 3.8) is 0 Å². The van der Waals surface area contributed by atoms with E-state index in [1.807, 2.05) is 13.8 Å². The first-order valence-corrected chi connectivity index (χ1v) is 6.92. The quantitative estimate of drug-likeness (QED) is 0.793. The normalized spacial score (nSPS) is 11.8. The van der Waals surface area contributed by atoms with E-state index in [1.54, 1.807) is 6.07 Å². The van der Waals surface area contributed by atoms with Crippen LogP contribution in [-0.4, -0.2) is 23.2 Å². The second-order valence-electron chi connectivity index (χ2n) is 4.62. The lowest BCUT2D eigenvalue weighted by molar-refractivity contribution is -0.117. The van der Waals surface area contributed by atoms with E-state index in [0.717, 1.165) is 0 Å². The van der Waals surface area contributed by atoms with Gasteiger partial charge in [0.1, 0.15) is 5.82 Å². The highest BCUT2D eigenvalue weighted by Gasteiger charge is 2.22. The average molecular weight is 300 g/mol. The fraction of sp³-hybridized carbons (Fsp3) is 0.400. The third kappa shape index (κ3) is 4.62. The van der Waals surface area contributed by atoms with Gasteiger partial charge in [0, 0.05) is 18.2 Å². The molecule has 0 spiro atoms. The molecule has 3 nitrogen and oxygen atoms in total. The fourth-order valence-electron chi connectivity index (χ4n) is 1.64. The monoisotopic (exact) mass is 299 g/mol. The van der Waals surface area contributed by atoms with Crippen molar-refractivity contribution in [2.75, 3.05) is 6.54 Å². The molecule has 0 aromatic heterocycles. The Morgan fingerprint density at radius 1 is 1.45 bits per heavy atom. The van der Waals surface area contributed by atoms with Gasteiger partial charge in [0.15, 0.2) is 0 Å². The minimum absolute atomic E-state index is 0.161. The van der Waals surface area contributed by atoms with Crippen molar-refractivity contribution in [1.29, 1.82) is 0 Å². The van der Waals surface area contributed by atoms with Crippen LogP contribution in [0.3, 0.4) is 0 Å². The minimum Gasteiger partial charge on any atom is -0.388 e. The molecule has 1 rings (SSSR count). The largest absolute Gasteiger partial charge is 0.388 e. The zero-order valence-corrected chi connectivity index (χ0v) is 12.4. The highest BCUT2D eigenvalue weighted by Crippen LogP contribution is 2.20. The SMILES string of the molecule is CCC(O)(CC)CNC(=O)C=Cc1c(F)cccc1Cl. The van der Waals surface area contributed by atoms with Crippen molar-refractivity contribution in [2.45, 2.75) is 32.3 Å². The number of carbonyl (C=O) groups is 1. The Balaban J connectivity index is 2.65. The van der Waals surface area contributed by atoms with Crippen LogP contribution in [0.15, 0.2) is 24.3 Å².